The fraction of sp³-hybridized carbons (Fsp3) is 0.250. The molecule has 0 aromatic heterocycles. The quantitative estimate of drug-likeness (QED) is 0.800. The SMILES string of the molecule is Nc1ccc(NC2CCCc3ccccc32)c(F)c1. The lowest BCUT2D eigenvalue weighted by molar-refractivity contribution is 0.587. The zero-order valence-corrected chi connectivity index (χ0v) is 10.7. The maximum atomic E-state index is 13.8. The number of anilines is 2. The van der Waals surface area contributed by atoms with Crippen molar-refractivity contribution in [3.8, 4) is 0 Å². The fourth-order valence-corrected chi connectivity index (χ4v) is 2.74. The van der Waals surface area contributed by atoms with Gasteiger partial charge in [0.15, 0.2) is 0 Å². The van der Waals surface area contributed by atoms with Gasteiger partial charge in [0.05, 0.1) is 11.7 Å². The molecule has 0 bridgehead atoms. The molecule has 2 aromatic rings. The third-order valence-corrected chi connectivity index (χ3v) is 3.69. The normalized spacial score (nSPS) is 17.8. The van der Waals surface area contributed by atoms with Gasteiger partial charge in [0.1, 0.15) is 5.82 Å². The molecule has 0 radical (unpaired) electrons. The van der Waals surface area contributed by atoms with Crippen molar-refractivity contribution in [2.24, 2.45) is 0 Å². The Kier molecular flexibility index (Phi) is 3.11. The number of hydrogen-bond acceptors (Lipinski definition) is 2. The predicted octanol–water partition coefficient (Wildman–Crippen LogP) is 3.90. The van der Waals surface area contributed by atoms with Crippen LogP contribution >= 0.6 is 0 Å². The molecule has 3 heteroatoms. The summed E-state index contributed by atoms with van der Waals surface area (Å²) in [5.41, 5.74) is 9.19. The van der Waals surface area contributed by atoms with E-state index < -0.39 is 0 Å². The number of nitrogens with two attached hydrogens (primary N) is 1. The van der Waals surface area contributed by atoms with Crippen molar-refractivity contribution in [2.75, 3.05) is 11.1 Å². The predicted molar refractivity (Wildman–Crippen MR) is 76.6 cm³/mol. The van der Waals surface area contributed by atoms with E-state index in [4.69, 9.17) is 5.73 Å². The Hall–Kier alpha value is -2.03. The summed E-state index contributed by atoms with van der Waals surface area (Å²) in [7, 11) is 0. The minimum Gasteiger partial charge on any atom is -0.399 e. The van der Waals surface area contributed by atoms with E-state index in [9.17, 15) is 4.39 Å². The van der Waals surface area contributed by atoms with Crippen LogP contribution in [0.1, 0.15) is 30.0 Å². The van der Waals surface area contributed by atoms with Crippen LogP contribution in [-0.2, 0) is 6.42 Å². The molecule has 3 N–H and O–H groups in total. The van der Waals surface area contributed by atoms with Gasteiger partial charge >= 0.3 is 0 Å². The summed E-state index contributed by atoms with van der Waals surface area (Å²) >= 11 is 0. The summed E-state index contributed by atoms with van der Waals surface area (Å²) in [6, 6.07) is 13.4. The van der Waals surface area contributed by atoms with Gasteiger partial charge in [-0.3, -0.25) is 0 Å². The Morgan fingerprint density at radius 1 is 1.16 bits per heavy atom. The highest BCUT2D eigenvalue weighted by Crippen LogP contribution is 2.33. The molecular formula is C16H17FN2. The highest BCUT2D eigenvalue weighted by Gasteiger charge is 2.20. The molecule has 3 rings (SSSR count). The van der Waals surface area contributed by atoms with Gasteiger partial charge < -0.3 is 11.1 Å². The molecule has 0 fully saturated rings. The average molecular weight is 256 g/mol. The molecule has 0 heterocycles. The van der Waals surface area contributed by atoms with Crippen LogP contribution in [0.2, 0.25) is 0 Å². The molecule has 0 saturated carbocycles. The largest absolute Gasteiger partial charge is 0.399 e. The minimum absolute atomic E-state index is 0.183. The first-order valence-corrected chi connectivity index (χ1v) is 6.63. The van der Waals surface area contributed by atoms with Crippen LogP contribution < -0.4 is 11.1 Å². The molecule has 2 aromatic carbocycles. The summed E-state index contributed by atoms with van der Waals surface area (Å²) in [4.78, 5) is 0. The monoisotopic (exact) mass is 256 g/mol. The van der Waals surface area contributed by atoms with Crippen LogP contribution in [0, 0.1) is 5.82 Å². The Balaban J connectivity index is 1.88. The smallest absolute Gasteiger partial charge is 0.148 e. The number of hydrogen-bond donors (Lipinski definition) is 2. The van der Waals surface area contributed by atoms with Gasteiger partial charge in [-0.25, -0.2) is 4.39 Å². The second-order valence-corrected chi connectivity index (χ2v) is 5.03. The molecule has 1 atom stereocenters. The van der Waals surface area contributed by atoms with Crippen molar-refractivity contribution >= 4 is 11.4 Å². The number of aryl methyl sites for hydroxylation is 1. The van der Waals surface area contributed by atoms with Crippen molar-refractivity contribution in [3.63, 3.8) is 0 Å². The van der Waals surface area contributed by atoms with E-state index in [1.807, 2.05) is 6.07 Å². The fourth-order valence-electron chi connectivity index (χ4n) is 2.74. The first-order valence-electron chi connectivity index (χ1n) is 6.63. The van der Waals surface area contributed by atoms with Gasteiger partial charge in [-0.05, 0) is 48.6 Å². The van der Waals surface area contributed by atoms with Crippen molar-refractivity contribution in [2.45, 2.75) is 25.3 Å². The summed E-state index contributed by atoms with van der Waals surface area (Å²) in [5.74, 6) is -0.289. The van der Waals surface area contributed by atoms with Gasteiger partial charge in [0, 0.05) is 5.69 Å². The van der Waals surface area contributed by atoms with Crippen LogP contribution in [0.5, 0.6) is 0 Å². The first kappa shape index (κ1) is 12.0. The topological polar surface area (TPSA) is 38.0 Å². The van der Waals surface area contributed by atoms with Crippen LogP contribution in [-0.4, -0.2) is 0 Å². The lowest BCUT2D eigenvalue weighted by Crippen LogP contribution is -2.17. The maximum absolute atomic E-state index is 13.8. The minimum atomic E-state index is -0.289. The number of fused-ring (bicyclic) bond motifs is 1. The van der Waals surface area contributed by atoms with Crippen molar-refractivity contribution in [3.05, 3.63) is 59.4 Å². The lowest BCUT2D eigenvalue weighted by Gasteiger charge is -2.27. The molecule has 0 saturated heterocycles. The van der Waals surface area contributed by atoms with Gasteiger partial charge in [-0.15, -0.1) is 0 Å². The maximum Gasteiger partial charge on any atom is 0.148 e. The number of halogens is 1. The molecule has 1 unspecified atom stereocenters. The first-order chi connectivity index (χ1) is 9.24. The van der Waals surface area contributed by atoms with E-state index in [0.29, 0.717) is 11.4 Å². The highest BCUT2D eigenvalue weighted by molar-refractivity contribution is 5.54. The van der Waals surface area contributed by atoms with Gasteiger partial charge in [-0.1, -0.05) is 24.3 Å². The zero-order chi connectivity index (χ0) is 13.2. The van der Waals surface area contributed by atoms with Crippen LogP contribution in [0.15, 0.2) is 42.5 Å². The van der Waals surface area contributed by atoms with Crippen molar-refractivity contribution in [1.82, 2.24) is 0 Å². The van der Waals surface area contributed by atoms with Crippen LogP contribution in [0.25, 0.3) is 0 Å². The van der Waals surface area contributed by atoms with Gasteiger partial charge in [-0.2, -0.15) is 0 Å². The third-order valence-electron chi connectivity index (χ3n) is 3.69. The van der Waals surface area contributed by atoms with E-state index in [0.717, 1.165) is 19.3 Å². The molecule has 1 aliphatic carbocycles. The van der Waals surface area contributed by atoms with E-state index in [1.165, 1.54) is 17.2 Å². The highest BCUT2D eigenvalue weighted by atomic mass is 19.1. The Morgan fingerprint density at radius 3 is 2.84 bits per heavy atom. The Labute approximate surface area is 112 Å². The number of benzene rings is 2. The number of rotatable bonds is 2. The second-order valence-electron chi connectivity index (χ2n) is 5.03. The molecule has 0 aliphatic heterocycles. The summed E-state index contributed by atoms with van der Waals surface area (Å²) in [6.45, 7) is 0. The number of nitrogen functional groups attached to an aromatic ring is 1. The Bertz CT molecular complexity index is 595. The molecule has 0 amide bonds. The molecule has 0 spiro atoms. The zero-order valence-electron chi connectivity index (χ0n) is 10.7. The average Bonchev–Trinajstić information content (AvgIpc) is 2.42. The molecule has 98 valence electrons. The van der Waals surface area contributed by atoms with Crippen molar-refractivity contribution < 1.29 is 4.39 Å². The van der Waals surface area contributed by atoms with Gasteiger partial charge in [0.25, 0.3) is 0 Å². The van der Waals surface area contributed by atoms with E-state index in [-0.39, 0.29) is 11.9 Å². The lowest BCUT2D eigenvalue weighted by atomic mass is 9.87. The van der Waals surface area contributed by atoms with E-state index in [2.05, 4.69) is 23.5 Å². The van der Waals surface area contributed by atoms with E-state index in [1.54, 1.807) is 12.1 Å². The third kappa shape index (κ3) is 2.41. The summed E-state index contributed by atoms with van der Waals surface area (Å²) in [5, 5.41) is 3.30. The second kappa shape index (κ2) is 4.92. The van der Waals surface area contributed by atoms with Crippen LogP contribution in [0.4, 0.5) is 15.8 Å². The van der Waals surface area contributed by atoms with Gasteiger partial charge in [0.2, 0.25) is 0 Å². The standard InChI is InChI=1S/C16H17FN2/c17-14-10-12(18)8-9-16(14)19-15-7-3-5-11-4-1-2-6-13(11)15/h1-2,4,6,8-10,15,19H,3,5,7,18H2. The van der Waals surface area contributed by atoms with Crippen molar-refractivity contribution in [1.29, 1.82) is 0 Å². The number of nitrogens with one attached hydrogen (secondary N) is 1. The van der Waals surface area contributed by atoms with E-state index >= 15 is 0 Å². The van der Waals surface area contributed by atoms with Crippen LogP contribution in [0.3, 0.4) is 0 Å². The summed E-state index contributed by atoms with van der Waals surface area (Å²) in [6.07, 6.45) is 3.27. The molecular weight excluding hydrogens is 239 g/mol. The Morgan fingerprint density at radius 2 is 2.00 bits per heavy atom. The molecule has 2 nitrogen and oxygen atoms in total. The molecule has 19 heavy (non-hydrogen) atoms. The molecule has 1 aliphatic rings. The summed E-state index contributed by atoms with van der Waals surface area (Å²) < 4.78 is 13.8.